The fraction of sp³-hybridized carbons (Fsp3) is 0.429. The van der Waals surface area contributed by atoms with E-state index >= 15 is 0 Å². The summed E-state index contributed by atoms with van der Waals surface area (Å²) in [6.07, 6.45) is 4.14. The summed E-state index contributed by atoms with van der Waals surface area (Å²) in [5.74, 6) is 0.573. The predicted octanol–water partition coefficient (Wildman–Crippen LogP) is 2.58. The highest BCUT2D eigenvalue weighted by atomic mass is 16.5. The van der Waals surface area contributed by atoms with Crippen LogP contribution in [-0.4, -0.2) is 42.6 Å². The molecular formula is C21H23NO6. The molecule has 2 aliphatic rings. The van der Waals surface area contributed by atoms with Gasteiger partial charge in [0.1, 0.15) is 5.56 Å². The molecule has 1 aromatic heterocycles. The quantitative estimate of drug-likeness (QED) is 0.851. The van der Waals surface area contributed by atoms with Crippen molar-refractivity contribution < 1.29 is 24.1 Å². The first-order valence-corrected chi connectivity index (χ1v) is 9.46. The molecule has 2 aromatic rings. The Bertz CT molecular complexity index is 958. The smallest absolute Gasteiger partial charge is 0.341 e. The van der Waals surface area contributed by atoms with Gasteiger partial charge in [0.25, 0.3) is 0 Å². The molecule has 1 saturated heterocycles. The van der Waals surface area contributed by atoms with Crippen molar-refractivity contribution in [2.24, 2.45) is 5.92 Å². The SMILES string of the molecule is COc1cc2c(cc1OCC1CCOCC1)CCn1cc(C(=O)O)c(=O)cc1-2. The highest BCUT2D eigenvalue weighted by Gasteiger charge is 2.23. The summed E-state index contributed by atoms with van der Waals surface area (Å²) in [5.41, 5.74) is 1.92. The second kappa shape index (κ2) is 7.67. The van der Waals surface area contributed by atoms with Gasteiger partial charge >= 0.3 is 5.97 Å². The van der Waals surface area contributed by atoms with Crippen molar-refractivity contribution in [1.29, 1.82) is 0 Å². The number of nitrogens with zero attached hydrogens (tertiary/aromatic N) is 1. The monoisotopic (exact) mass is 385 g/mol. The average molecular weight is 385 g/mol. The van der Waals surface area contributed by atoms with Gasteiger partial charge in [-0.05, 0) is 42.9 Å². The predicted molar refractivity (Wildman–Crippen MR) is 102 cm³/mol. The zero-order valence-electron chi connectivity index (χ0n) is 15.8. The minimum atomic E-state index is -1.21. The molecule has 4 rings (SSSR count). The van der Waals surface area contributed by atoms with E-state index < -0.39 is 11.4 Å². The Morgan fingerprint density at radius 2 is 2.04 bits per heavy atom. The number of fused-ring (bicyclic) bond motifs is 3. The van der Waals surface area contributed by atoms with Crippen LogP contribution in [-0.2, 0) is 17.7 Å². The number of ether oxygens (including phenoxy) is 3. The second-order valence-electron chi connectivity index (χ2n) is 7.21. The number of carboxylic acid groups (broad SMARTS) is 1. The zero-order valence-corrected chi connectivity index (χ0v) is 15.8. The third-order valence-corrected chi connectivity index (χ3v) is 5.46. The van der Waals surface area contributed by atoms with Crippen LogP contribution in [0.5, 0.6) is 11.5 Å². The first-order chi connectivity index (χ1) is 13.6. The third-order valence-electron chi connectivity index (χ3n) is 5.46. The van der Waals surface area contributed by atoms with E-state index in [4.69, 9.17) is 14.2 Å². The van der Waals surface area contributed by atoms with E-state index in [0.29, 0.717) is 36.3 Å². The fourth-order valence-corrected chi connectivity index (χ4v) is 3.83. The first-order valence-electron chi connectivity index (χ1n) is 9.46. The van der Waals surface area contributed by atoms with Gasteiger partial charge in [-0.3, -0.25) is 4.79 Å². The maximum Gasteiger partial charge on any atom is 0.341 e. The number of carbonyl (C=O) groups is 1. The number of benzene rings is 1. The van der Waals surface area contributed by atoms with Crippen LogP contribution in [0.4, 0.5) is 0 Å². The van der Waals surface area contributed by atoms with Gasteiger partial charge in [0.15, 0.2) is 16.9 Å². The topological polar surface area (TPSA) is 87.0 Å². The van der Waals surface area contributed by atoms with Gasteiger partial charge in [-0.25, -0.2) is 4.79 Å². The minimum absolute atomic E-state index is 0.212. The third kappa shape index (κ3) is 3.49. The summed E-state index contributed by atoms with van der Waals surface area (Å²) in [7, 11) is 1.59. The van der Waals surface area contributed by atoms with Crippen LogP contribution in [0.15, 0.2) is 29.2 Å². The van der Waals surface area contributed by atoms with Crippen molar-refractivity contribution >= 4 is 5.97 Å². The normalized spacial score (nSPS) is 16.2. The summed E-state index contributed by atoms with van der Waals surface area (Å²) in [5, 5.41) is 9.19. The van der Waals surface area contributed by atoms with Crippen LogP contribution in [0.1, 0.15) is 28.8 Å². The van der Waals surface area contributed by atoms with Crippen LogP contribution >= 0.6 is 0 Å². The molecule has 0 spiro atoms. The number of aromatic carboxylic acids is 1. The molecule has 0 saturated carbocycles. The van der Waals surface area contributed by atoms with Crippen LogP contribution in [0.25, 0.3) is 11.3 Å². The Labute approximate surface area is 162 Å². The number of methoxy groups -OCH3 is 1. The molecule has 7 nitrogen and oxygen atoms in total. The summed E-state index contributed by atoms with van der Waals surface area (Å²) in [6, 6.07) is 5.25. The van der Waals surface area contributed by atoms with Crippen molar-refractivity contribution in [2.75, 3.05) is 26.9 Å². The van der Waals surface area contributed by atoms with E-state index in [2.05, 4.69) is 0 Å². The Morgan fingerprint density at radius 1 is 1.25 bits per heavy atom. The van der Waals surface area contributed by atoms with Gasteiger partial charge in [0.2, 0.25) is 0 Å². The molecule has 1 fully saturated rings. The van der Waals surface area contributed by atoms with Crippen LogP contribution in [0.3, 0.4) is 0 Å². The van der Waals surface area contributed by atoms with Crippen molar-refractivity contribution in [3.8, 4) is 22.8 Å². The lowest BCUT2D eigenvalue weighted by Gasteiger charge is -2.26. The average Bonchev–Trinajstić information content (AvgIpc) is 2.71. The molecule has 0 bridgehead atoms. The maximum atomic E-state index is 12.2. The number of rotatable bonds is 5. The first kappa shape index (κ1) is 18.6. The Morgan fingerprint density at radius 3 is 2.75 bits per heavy atom. The molecule has 0 aliphatic carbocycles. The van der Waals surface area contributed by atoms with Crippen molar-refractivity contribution in [3.63, 3.8) is 0 Å². The van der Waals surface area contributed by atoms with Gasteiger partial charge in [0.05, 0.1) is 19.4 Å². The number of aromatic nitrogens is 1. The Balaban J connectivity index is 1.66. The summed E-state index contributed by atoms with van der Waals surface area (Å²) in [6.45, 7) is 2.78. The fourth-order valence-electron chi connectivity index (χ4n) is 3.83. The van der Waals surface area contributed by atoms with Gasteiger partial charge < -0.3 is 23.9 Å². The van der Waals surface area contributed by atoms with E-state index in [1.807, 2.05) is 16.7 Å². The zero-order chi connectivity index (χ0) is 19.7. The summed E-state index contributed by atoms with van der Waals surface area (Å²) >= 11 is 0. The second-order valence-corrected chi connectivity index (χ2v) is 7.21. The molecule has 0 radical (unpaired) electrons. The van der Waals surface area contributed by atoms with E-state index in [1.54, 1.807) is 7.11 Å². The maximum absolute atomic E-state index is 12.2. The van der Waals surface area contributed by atoms with Crippen molar-refractivity contribution in [3.05, 3.63) is 45.7 Å². The molecular weight excluding hydrogens is 362 g/mol. The molecule has 3 heterocycles. The molecule has 28 heavy (non-hydrogen) atoms. The van der Waals surface area contributed by atoms with Crippen molar-refractivity contribution in [2.45, 2.75) is 25.8 Å². The van der Waals surface area contributed by atoms with E-state index in [1.165, 1.54) is 12.3 Å². The molecule has 0 amide bonds. The van der Waals surface area contributed by atoms with Gasteiger partial charge in [-0.15, -0.1) is 0 Å². The van der Waals surface area contributed by atoms with Gasteiger partial charge in [0, 0.05) is 37.6 Å². The molecule has 2 aliphatic heterocycles. The lowest BCUT2D eigenvalue weighted by atomic mass is 9.96. The number of carboxylic acids is 1. The highest BCUT2D eigenvalue weighted by molar-refractivity contribution is 5.87. The number of hydrogen-bond acceptors (Lipinski definition) is 5. The Kier molecular flexibility index (Phi) is 5.09. The molecule has 1 aromatic carbocycles. The largest absolute Gasteiger partial charge is 0.493 e. The standard InChI is InChI=1S/C21H23NO6/c1-26-19-9-15-14(8-20(19)28-12-13-3-6-27-7-4-13)2-5-22-11-16(21(24)25)18(23)10-17(15)22/h8-11,13H,2-7,12H2,1H3,(H,24,25). The van der Waals surface area contributed by atoms with Crippen molar-refractivity contribution in [1.82, 2.24) is 4.57 Å². The van der Waals surface area contributed by atoms with E-state index in [0.717, 1.165) is 43.6 Å². The number of aryl methyl sites for hydroxylation is 2. The van der Waals surface area contributed by atoms with Gasteiger partial charge in [-0.1, -0.05) is 0 Å². The minimum Gasteiger partial charge on any atom is -0.493 e. The molecule has 0 unspecified atom stereocenters. The van der Waals surface area contributed by atoms with Crippen LogP contribution in [0, 0.1) is 5.92 Å². The van der Waals surface area contributed by atoms with E-state index in [-0.39, 0.29) is 5.56 Å². The van der Waals surface area contributed by atoms with Crippen LogP contribution in [0.2, 0.25) is 0 Å². The van der Waals surface area contributed by atoms with E-state index in [9.17, 15) is 14.7 Å². The lowest BCUT2D eigenvalue weighted by molar-refractivity contribution is 0.0493. The number of pyridine rings is 1. The molecule has 7 heteroatoms. The Hall–Kier alpha value is -2.80. The van der Waals surface area contributed by atoms with Gasteiger partial charge in [-0.2, -0.15) is 0 Å². The molecule has 0 atom stereocenters. The molecule has 1 N–H and O–H groups in total. The van der Waals surface area contributed by atoms with Crippen LogP contribution < -0.4 is 14.9 Å². The summed E-state index contributed by atoms with van der Waals surface area (Å²) in [4.78, 5) is 23.4. The number of hydrogen-bond donors (Lipinski definition) is 1. The summed E-state index contributed by atoms with van der Waals surface area (Å²) < 4.78 is 18.8. The lowest BCUT2D eigenvalue weighted by Crippen LogP contribution is -2.22. The molecule has 148 valence electrons. The highest BCUT2D eigenvalue weighted by Crippen LogP contribution is 2.38.